The van der Waals surface area contributed by atoms with Crippen LogP contribution in [0.25, 0.3) is 0 Å². The minimum Gasteiger partial charge on any atom is -0.340 e. The van der Waals surface area contributed by atoms with Gasteiger partial charge in [-0.3, -0.25) is 24.8 Å². The summed E-state index contributed by atoms with van der Waals surface area (Å²) >= 11 is 0. The fraction of sp³-hybridized carbons (Fsp3) is 0.100. The molecule has 0 aliphatic rings. The first kappa shape index (κ1) is 25.2. The lowest BCUT2D eigenvalue weighted by Crippen LogP contribution is -2.51. The summed E-state index contributed by atoms with van der Waals surface area (Å²) in [5.41, 5.74) is 5.59. The molecule has 3 N–H and O–H groups in total. The summed E-state index contributed by atoms with van der Waals surface area (Å²) in [6, 6.07) is 33.6. The molecule has 0 aliphatic heterocycles. The number of rotatable bonds is 9. The average Bonchev–Trinajstić information content (AvgIpc) is 2.96. The fourth-order valence-corrected chi connectivity index (χ4v) is 3.78. The van der Waals surface area contributed by atoms with Crippen LogP contribution in [0.5, 0.6) is 0 Å². The van der Waals surface area contributed by atoms with Crippen LogP contribution in [0.4, 0.5) is 17.1 Å². The van der Waals surface area contributed by atoms with Crippen LogP contribution in [0.3, 0.4) is 0 Å². The maximum Gasteiger partial charge on any atom is 0.261 e. The Hall–Kier alpha value is -4.91. The molecule has 37 heavy (non-hydrogen) atoms. The van der Waals surface area contributed by atoms with Crippen LogP contribution in [0, 0.1) is 0 Å². The third kappa shape index (κ3) is 6.41. The zero-order valence-electron chi connectivity index (χ0n) is 20.4. The largest absolute Gasteiger partial charge is 0.340 e. The lowest BCUT2D eigenvalue weighted by molar-refractivity contribution is -0.123. The van der Waals surface area contributed by atoms with Crippen molar-refractivity contribution in [2.45, 2.75) is 19.4 Å². The van der Waals surface area contributed by atoms with Gasteiger partial charge >= 0.3 is 0 Å². The van der Waals surface area contributed by atoms with E-state index in [0.29, 0.717) is 17.7 Å². The van der Waals surface area contributed by atoms with Gasteiger partial charge in [0.05, 0.1) is 22.6 Å². The highest BCUT2D eigenvalue weighted by molar-refractivity contribution is 6.09. The molecule has 0 aromatic heterocycles. The van der Waals surface area contributed by atoms with Gasteiger partial charge in [-0.15, -0.1) is 0 Å². The molecule has 4 aromatic carbocycles. The molecule has 1 atom stereocenters. The van der Waals surface area contributed by atoms with Crippen molar-refractivity contribution in [1.82, 2.24) is 10.7 Å². The van der Waals surface area contributed by atoms with Crippen LogP contribution in [0.15, 0.2) is 115 Å². The van der Waals surface area contributed by atoms with Crippen molar-refractivity contribution in [3.63, 3.8) is 0 Å². The quantitative estimate of drug-likeness (QED) is 0.276. The number of carbonyl (C=O) groups excluding carboxylic acids is 3. The van der Waals surface area contributed by atoms with E-state index < -0.39 is 11.9 Å². The first-order valence-electron chi connectivity index (χ1n) is 12.0. The number of nitrogens with zero attached hydrogens (tertiary/aromatic N) is 1. The Morgan fingerprint density at radius 3 is 1.76 bits per heavy atom. The summed E-state index contributed by atoms with van der Waals surface area (Å²) in [5.74, 6) is -1.15. The first-order valence-corrected chi connectivity index (χ1v) is 12.0. The highest BCUT2D eigenvalue weighted by Crippen LogP contribution is 2.23. The maximum absolute atomic E-state index is 13.3. The van der Waals surface area contributed by atoms with Gasteiger partial charge in [0.25, 0.3) is 17.7 Å². The Labute approximate surface area is 216 Å². The highest BCUT2D eigenvalue weighted by atomic mass is 16.2. The van der Waals surface area contributed by atoms with E-state index in [0.717, 1.165) is 11.4 Å². The lowest BCUT2D eigenvalue weighted by atomic mass is 10.1. The molecule has 7 heteroatoms. The van der Waals surface area contributed by atoms with Crippen LogP contribution < -0.4 is 21.1 Å². The maximum atomic E-state index is 13.3. The van der Waals surface area contributed by atoms with Crippen LogP contribution >= 0.6 is 0 Å². The summed E-state index contributed by atoms with van der Waals surface area (Å²) in [5, 5.41) is 7.30. The van der Waals surface area contributed by atoms with Gasteiger partial charge in [0.15, 0.2) is 0 Å². The molecule has 0 heterocycles. The van der Waals surface area contributed by atoms with Gasteiger partial charge in [0.2, 0.25) is 0 Å². The summed E-state index contributed by atoms with van der Waals surface area (Å²) in [7, 11) is 0. The number of para-hydroxylation sites is 3. The topological polar surface area (TPSA) is 90.5 Å². The van der Waals surface area contributed by atoms with Gasteiger partial charge in [-0.25, -0.2) is 0 Å². The molecule has 0 radical (unpaired) electrons. The minimum atomic E-state index is -0.805. The summed E-state index contributed by atoms with van der Waals surface area (Å²) in [4.78, 5) is 39.2. The molecule has 4 aromatic rings. The molecule has 4 rings (SSSR count). The number of anilines is 3. The van der Waals surface area contributed by atoms with Crippen molar-refractivity contribution in [1.29, 1.82) is 0 Å². The van der Waals surface area contributed by atoms with E-state index in [1.807, 2.05) is 73.7 Å². The van der Waals surface area contributed by atoms with Gasteiger partial charge in [-0.05, 0) is 55.0 Å². The lowest BCUT2D eigenvalue weighted by Gasteiger charge is -2.28. The van der Waals surface area contributed by atoms with E-state index in [1.165, 1.54) is 0 Å². The summed E-state index contributed by atoms with van der Waals surface area (Å²) in [6.07, 6.45) is 0.369. The third-order valence-electron chi connectivity index (χ3n) is 5.74. The average molecular weight is 493 g/mol. The van der Waals surface area contributed by atoms with Crippen LogP contribution in [-0.4, -0.2) is 23.8 Å². The Morgan fingerprint density at radius 1 is 0.676 bits per heavy atom. The van der Waals surface area contributed by atoms with E-state index in [-0.39, 0.29) is 17.4 Å². The number of benzene rings is 4. The third-order valence-corrected chi connectivity index (χ3v) is 5.74. The Morgan fingerprint density at radius 2 is 1.19 bits per heavy atom. The van der Waals surface area contributed by atoms with Crippen molar-refractivity contribution < 1.29 is 14.4 Å². The molecule has 0 bridgehead atoms. The van der Waals surface area contributed by atoms with Crippen molar-refractivity contribution in [3.05, 3.63) is 126 Å². The highest BCUT2D eigenvalue weighted by Gasteiger charge is 2.24. The van der Waals surface area contributed by atoms with E-state index in [1.54, 1.807) is 53.5 Å². The molecule has 1 unspecified atom stereocenters. The normalized spacial score (nSPS) is 11.2. The van der Waals surface area contributed by atoms with Crippen molar-refractivity contribution in [2.24, 2.45) is 0 Å². The minimum absolute atomic E-state index is 0.265. The van der Waals surface area contributed by atoms with Crippen LogP contribution in [-0.2, 0) is 4.79 Å². The van der Waals surface area contributed by atoms with Gasteiger partial charge < -0.3 is 10.6 Å². The van der Waals surface area contributed by atoms with Crippen molar-refractivity contribution in [3.8, 4) is 0 Å². The van der Waals surface area contributed by atoms with E-state index in [9.17, 15) is 14.4 Å². The van der Waals surface area contributed by atoms with Gasteiger partial charge in [-0.2, -0.15) is 0 Å². The predicted octanol–water partition coefficient (Wildman–Crippen LogP) is 5.32. The smallest absolute Gasteiger partial charge is 0.261 e. The Kier molecular flexibility index (Phi) is 8.29. The molecular weight excluding hydrogens is 464 g/mol. The zero-order chi connectivity index (χ0) is 26.0. The molecule has 0 aliphatic carbocycles. The monoisotopic (exact) mass is 492 g/mol. The van der Waals surface area contributed by atoms with Gasteiger partial charge in [0.1, 0.15) is 6.04 Å². The second kappa shape index (κ2) is 12.2. The molecule has 7 nitrogen and oxygen atoms in total. The van der Waals surface area contributed by atoms with Gasteiger partial charge in [-0.1, -0.05) is 73.7 Å². The van der Waals surface area contributed by atoms with E-state index in [2.05, 4.69) is 16.1 Å². The first-order chi connectivity index (χ1) is 18.1. The molecular formula is C30H28N4O3. The number of hydrazine groups is 1. The molecule has 0 saturated carbocycles. The number of carbonyl (C=O) groups is 3. The second-order valence-corrected chi connectivity index (χ2v) is 8.28. The van der Waals surface area contributed by atoms with Crippen molar-refractivity contribution in [2.75, 3.05) is 10.3 Å². The Bertz CT molecular complexity index is 1310. The molecule has 0 saturated heterocycles. The number of hydrogen-bond donors (Lipinski definition) is 3. The fourth-order valence-electron chi connectivity index (χ4n) is 3.78. The van der Waals surface area contributed by atoms with Gasteiger partial charge in [0, 0.05) is 5.56 Å². The summed E-state index contributed by atoms with van der Waals surface area (Å²) < 4.78 is 0. The second-order valence-electron chi connectivity index (χ2n) is 8.28. The SMILES string of the molecule is CCC(NC(=O)c1ccccc1NC(=O)c1ccccc1)C(=O)NN(c1ccccc1)c1ccccc1. The van der Waals surface area contributed by atoms with E-state index in [4.69, 9.17) is 0 Å². The van der Waals surface area contributed by atoms with Crippen LogP contribution in [0.1, 0.15) is 34.1 Å². The number of amides is 3. The molecule has 0 spiro atoms. The molecule has 3 amide bonds. The van der Waals surface area contributed by atoms with Crippen LogP contribution in [0.2, 0.25) is 0 Å². The standard InChI is InChI=1S/C30H28N4O3/c1-2-26(30(37)33-34(23-16-8-4-9-17-23)24-18-10-5-11-19-24)31-29(36)25-20-12-13-21-27(25)32-28(35)22-14-6-3-7-15-22/h3-21,26H,2H2,1H3,(H,31,36)(H,32,35)(H,33,37). The Balaban J connectivity index is 1.50. The zero-order valence-corrected chi connectivity index (χ0v) is 20.4. The van der Waals surface area contributed by atoms with E-state index >= 15 is 0 Å². The van der Waals surface area contributed by atoms with Crippen molar-refractivity contribution >= 4 is 34.8 Å². The molecule has 186 valence electrons. The number of hydrogen-bond acceptors (Lipinski definition) is 4. The predicted molar refractivity (Wildman–Crippen MR) is 146 cm³/mol. The molecule has 0 fully saturated rings. The number of nitrogens with one attached hydrogen (secondary N) is 3. The summed E-state index contributed by atoms with van der Waals surface area (Å²) in [6.45, 7) is 1.82.